The zero-order chi connectivity index (χ0) is 15.2. The van der Waals surface area contributed by atoms with Crippen molar-refractivity contribution in [1.82, 2.24) is 0 Å². The van der Waals surface area contributed by atoms with Crippen molar-refractivity contribution in [2.24, 2.45) is 0 Å². The highest BCUT2D eigenvalue weighted by atomic mass is 19.4. The smallest absolute Gasteiger partial charge is 0.417 e. The maximum atomic E-state index is 12.2. The summed E-state index contributed by atoms with van der Waals surface area (Å²) < 4.78 is 46.8. The van der Waals surface area contributed by atoms with Crippen molar-refractivity contribution in [2.45, 2.75) is 32.2 Å². The average molecular weight is 294 g/mol. The van der Waals surface area contributed by atoms with Gasteiger partial charge >= 0.3 is 6.18 Å². The van der Waals surface area contributed by atoms with Gasteiger partial charge in [0.1, 0.15) is 18.1 Å². The first-order chi connectivity index (χ1) is 9.38. The van der Waals surface area contributed by atoms with Crippen LogP contribution in [-0.2, 0) is 6.61 Å². The highest BCUT2D eigenvalue weighted by Crippen LogP contribution is 2.27. The molecule has 0 spiro atoms. The Hall–Kier alpha value is -1.47. The second-order valence-corrected chi connectivity index (χ2v) is 4.14. The fourth-order valence-corrected chi connectivity index (χ4v) is 1.37. The van der Waals surface area contributed by atoms with Crippen LogP contribution in [0.2, 0.25) is 0 Å². The minimum absolute atomic E-state index is 0.0596. The van der Waals surface area contributed by atoms with Crippen LogP contribution in [0, 0.1) is 0 Å². The largest absolute Gasteiger partial charge is 0.493 e. The fourth-order valence-electron chi connectivity index (χ4n) is 1.37. The Morgan fingerprint density at radius 1 is 1.25 bits per heavy atom. The van der Waals surface area contributed by atoms with Crippen molar-refractivity contribution >= 4 is 0 Å². The summed E-state index contributed by atoms with van der Waals surface area (Å²) in [6.07, 6.45) is -6.53. The molecule has 0 radical (unpaired) electrons. The molecule has 1 unspecified atom stereocenters. The van der Waals surface area contributed by atoms with E-state index < -0.39 is 18.9 Å². The first-order valence-electron chi connectivity index (χ1n) is 6.12. The zero-order valence-electron chi connectivity index (χ0n) is 11.0. The molecule has 20 heavy (non-hydrogen) atoms. The molecule has 0 aromatic heterocycles. The number of benzene rings is 1. The topological polar surface area (TPSA) is 58.9 Å². The van der Waals surface area contributed by atoms with E-state index in [9.17, 15) is 13.2 Å². The van der Waals surface area contributed by atoms with Gasteiger partial charge in [0.2, 0.25) is 0 Å². The van der Waals surface area contributed by atoms with E-state index in [4.69, 9.17) is 19.7 Å². The number of halogens is 3. The predicted molar refractivity (Wildman–Crippen MR) is 65.7 cm³/mol. The molecule has 0 aliphatic carbocycles. The highest BCUT2D eigenvalue weighted by molar-refractivity contribution is 5.40. The number of ether oxygens (including phenoxy) is 2. The third kappa shape index (κ3) is 4.90. The Bertz CT molecular complexity index is 421. The summed E-state index contributed by atoms with van der Waals surface area (Å²) in [6.45, 7) is 1.06. The summed E-state index contributed by atoms with van der Waals surface area (Å²) in [6, 6.07) is 4.48. The summed E-state index contributed by atoms with van der Waals surface area (Å²) >= 11 is 0. The minimum atomic E-state index is -4.74. The molecule has 0 fully saturated rings. The van der Waals surface area contributed by atoms with E-state index in [0.29, 0.717) is 17.9 Å². The van der Waals surface area contributed by atoms with Crippen LogP contribution < -0.4 is 9.47 Å². The molecule has 0 aliphatic heterocycles. The van der Waals surface area contributed by atoms with E-state index in [2.05, 4.69) is 0 Å². The van der Waals surface area contributed by atoms with Crippen molar-refractivity contribution < 1.29 is 32.9 Å². The molecule has 7 heteroatoms. The Morgan fingerprint density at radius 3 is 2.50 bits per heavy atom. The molecule has 0 aliphatic rings. The number of hydrogen-bond donors (Lipinski definition) is 2. The molecule has 0 saturated heterocycles. The van der Waals surface area contributed by atoms with Crippen LogP contribution in [0.1, 0.15) is 18.9 Å². The minimum Gasteiger partial charge on any atom is -0.493 e. The molecule has 1 aromatic carbocycles. The Morgan fingerprint density at radius 2 is 1.95 bits per heavy atom. The van der Waals surface area contributed by atoms with Crippen molar-refractivity contribution in [3.8, 4) is 11.5 Å². The van der Waals surface area contributed by atoms with E-state index >= 15 is 0 Å². The number of aliphatic hydroxyl groups excluding tert-OH is 2. The number of rotatable bonds is 7. The monoisotopic (exact) mass is 294 g/mol. The van der Waals surface area contributed by atoms with Gasteiger partial charge in [-0.2, -0.15) is 13.2 Å². The predicted octanol–water partition coefficient (Wildman–Crippen LogP) is 2.27. The van der Waals surface area contributed by atoms with E-state index in [1.165, 1.54) is 12.1 Å². The molecule has 4 nitrogen and oxygen atoms in total. The van der Waals surface area contributed by atoms with Gasteiger partial charge < -0.3 is 19.7 Å². The van der Waals surface area contributed by atoms with Gasteiger partial charge in [-0.1, -0.05) is 6.92 Å². The Kier molecular flexibility index (Phi) is 6.09. The lowest BCUT2D eigenvalue weighted by atomic mass is 10.2. The van der Waals surface area contributed by atoms with Crippen LogP contribution in [0.5, 0.6) is 11.5 Å². The van der Waals surface area contributed by atoms with Crippen LogP contribution in [-0.4, -0.2) is 35.7 Å². The standard InChI is InChI=1S/C13H17F3O4/c1-2-5-19-10-4-3-9(7-17)11(6-10)20-8-12(18)13(14,15)16/h3-4,6,12,17-18H,2,5,7-8H2,1H3. The van der Waals surface area contributed by atoms with Crippen LogP contribution in [0.3, 0.4) is 0 Å². The molecule has 1 rings (SSSR count). The van der Waals surface area contributed by atoms with Crippen LogP contribution >= 0.6 is 0 Å². The molecule has 2 N–H and O–H groups in total. The maximum absolute atomic E-state index is 12.2. The van der Waals surface area contributed by atoms with E-state index in [1.54, 1.807) is 6.07 Å². The number of alkyl halides is 3. The zero-order valence-corrected chi connectivity index (χ0v) is 11.0. The van der Waals surface area contributed by atoms with Crippen LogP contribution in [0.15, 0.2) is 18.2 Å². The summed E-state index contributed by atoms with van der Waals surface area (Å²) in [5.41, 5.74) is 0.322. The molecule has 0 bridgehead atoms. The normalized spacial score (nSPS) is 13.1. The van der Waals surface area contributed by atoms with Gasteiger partial charge in [-0.15, -0.1) is 0 Å². The van der Waals surface area contributed by atoms with Crippen molar-refractivity contribution in [2.75, 3.05) is 13.2 Å². The van der Waals surface area contributed by atoms with Crippen molar-refractivity contribution in [1.29, 1.82) is 0 Å². The third-order valence-electron chi connectivity index (χ3n) is 2.46. The second kappa shape index (κ2) is 7.35. The molecular weight excluding hydrogens is 277 g/mol. The van der Waals surface area contributed by atoms with Gasteiger partial charge in [0.15, 0.2) is 6.10 Å². The number of hydrogen-bond acceptors (Lipinski definition) is 4. The van der Waals surface area contributed by atoms with E-state index in [1.807, 2.05) is 6.92 Å². The second-order valence-electron chi connectivity index (χ2n) is 4.14. The third-order valence-corrected chi connectivity index (χ3v) is 2.46. The van der Waals surface area contributed by atoms with Gasteiger partial charge in [0.25, 0.3) is 0 Å². The van der Waals surface area contributed by atoms with Gasteiger partial charge in [0.05, 0.1) is 13.2 Å². The lowest BCUT2D eigenvalue weighted by Crippen LogP contribution is -2.34. The summed E-state index contributed by atoms with van der Waals surface area (Å²) in [7, 11) is 0. The van der Waals surface area contributed by atoms with Gasteiger partial charge in [-0.25, -0.2) is 0 Å². The lowest BCUT2D eigenvalue weighted by Gasteiger charge is -2.17. The van der Waals surface area contributed by atoms with Crippen molar-refractivity contribution in [3.63, 3.8) is 0 Å². The quantitative estimate of drug-likeness (QED) is 0.810. The SMILES string of the molecule is CCCOc1ccc(CO)c(OCC(O)C(F)(F)F)c1. The molecule has 1 aromatic rings. The number of aliphatic hydroxyl groups is 2. The molecule has 1 atom stereocenters. The molecule has 0 heterocycles. The fraction of sp³-hybridized carbons (Fsp3) is 0.538. The first-order valence-corrected chi connectivity index (χ1v) is 6.12. The Balaban J connectivity index is 2.75. The summed E-state index contributed by atoms with van der Waals surface area (Å²) in [5.74, 6) is 0.491. The van der Waals surface area contributed by atoms with Gasteiger partial charge in [-0.3, -0.25) is 0 Å². The Labute approximate surface area is 114 Å². The van der Waals surface area contributed by atoms with Gasteiger partial charge in [-0.05, 0) is 18.6 Å². The average Bonchev–Trinajstić information content (AvgIpc) is 2.41. The van der Waals surface area contributed by atoms with Gasteiger partial charge in [0, 0.05) is 11.6 Å². The summed E-state index contributed by atoms with van der Waals surface area (Å²) in [4.78, 5) is 0. The molecule has 0 saturated carbocycles. The van der Waals surface area contributed by atoms with E-state index in [-0.39, 0.29) is 12.4 Å². The highest BCUT2D eigenvalue weighted by Gasteiger charge is 2.38. The molecular formula is C13H17F3O4. The molecule has 0 amide bonds. The van der Waals surface area contributed by atoms with Crippen LogP contribution in [0.4, 0.5) is 13.2 Å². The molecule has 114 valence electrons. The van der Waals surface area contributed by atoms with Crippen LogP contribution in [0.25, 0.3) is 0 Å². The van der Waals surface area contributed by atoms with E-state index in [0.717, 1.165) is 6.42 Å². The maximum Gasteiger partial charge on any atom is 0.417 e. The van der Waals surface area contributed by atoms with Crippen molar-refractivity contribution in [3.05, 3.63) is 23.8 Å². The first kappa shape index (κ1) is 16.6. The lowest BCUT2D eigenvalue weighted by molar-refractivity contribution is -0.210. The summed E-state index contributed by atoms with van der Waals surface area (Å²) in [5, 5.41) is 18.0.